The van der Waals surface area contributed by atoms with E-state index in [4.69, 9.17) is 0 Å². The molecular weight excluding hydrogens is 795 g/mol. The minimum atomic E-state index is 1.12. The number of rotatable bonds is 8. The Labute approximate surface area is 385 Å². The fourth-order valence-corrected chi connectivity index (χ4v) is 10.1. The van der Waals surface area contributed by atoms with Crippen LogP contribution < -0.4 is 0 Å². The van der Waals surface area contributed by atoms with E-state index in [1.54, 1.807) is 0 Å². The van der Waals surface area contributed by atoms with Crippen molar-refractivity contribution in [1.82, 2.24) is 4.98 Å². The van der Waals surface area contributed by atoms with Crippen LogP contribution in [0.2, 0.25) is 0 Å². The van der Waals surface area contributed by atoms with Gasteiger partial charge in [-0.25, -0.2) is 0 Å². The summed E-state index contributed by atoms with van der Waals surface area (Å²) in [6, 6.07) is 91.0. The van der Waals surface area contributed by atoms with E-state index < -0.39 is 0 Å². The molecule has 0 fully saturated rings. The highest BCUT2D eigenvalue weighted by molar-refractivity contribution is 6.26. The summed E-state index contributed by atoms with van der Waals surface area (Å²) in [6.07, 6.45) is 3.75. The van der Waals surface area contributed by atoms with Crippen molar-refractivity contribution in [2.45, 2.75) is 0 Å². The van der Waals surface area contributed by atoms with Gasteiger partial charge in [0.15, 0.2) is 0 Å². The van der Waals surface area contributed by atoms with Gasteiger partial charge in [0.25, 0.3) is 0 Å². The van der Waals surface area contributed by atoms with Gasteiger partial charge in [0.05, 0.1) is 0 Å². The lowest BCUT2D eigenvalue weighted by atomic mass is 9.78. The molecule has 0 atom stereocenters. The Morgan fingerprint density at radius 2 is 0.561 bits per heavy atom. The topological polar surface area (TPSA) is 12.9 Å². The van der Waals surface area contributed by atoms with Crippen LogP contribution in [0, 0.1) is 0 Å². The standard InChI is InChI=1S/C65H43N/c1-5-18-44(19-6-1)59-42-60(64(46-22-9-3-10-23-46)65(47-24-11-4-12-25-47)63(59)45-20-7-2-8-21-45)53-29-16-27-49(39-53)52-34-36-58-57-35-33-51(40-61(57)55-31-13-14-32-56(55)62(58)41-52)48-26-15-28-50(38-48)54-30-17-37-66-43-54/h1-43H. The number of benzene rings is 11. The van der Waals surface area contributed by atoms with Crippen LogP contribution >= 0.6 is 0 Å². The van der Waals surface area contributed by atoms with E-state index in [2.05, 4.69) is 248 Å². The van der Waals surface area contributed by atoms with E-state index in [0.29, 0.717) is 0 Å². The normalized spacial score (nSPS) is 11.3. The molecule has 0 aliphatic heterocycles. The largest absolute Gasteiger partial charge is 0.264 e. The number of aromatic nitrogens is 1. The Kier molecular flexibility index (Phi) is 9.93. The molecule has 0 saturated carbocycles. The average Bonchev–Trinajstić information content (AvgIpc) is 3.41. The molecule has 1 aromatic heterocycles. The maximum Gasteiger partial charge on any atom is 0.0346 e. The Balaban J connectivity index is 1.05. The van der Waals surface area contributed by atoms with Crippen LogP contribution in [0.1, 0.15) is 0 Å². The summed E-state index contributed by atoms with van der Waals surface area (Å²) in [6.45, 7) is 0. The predicted octanol–water partition coefficient (Wildman–Crippen LogP) is 17.9. The zero-order valence-electron chi connectivity index (χ0n) is 36.3. The number of hydrogen-bond acceptors (Lipinski definition) is 1. The van der Waals surface area contributed by atoms with Crippen molar-refractivity contribution in [1.29, 1.82) is 0 Å². The maximum absolute atomic E-state index is 4.37. The second kappa shape index (κ2) is 16.8. The first-order valence-corrected chi connectivity index (χ1v) is 22.7. The second-order valence-corrected chi connectivity index (χ2v) is 17.0. The fourth-order valence-electron chi connectivity index (χ4n) is 10.1. The summed E-state index contributed by atoms with van der Waals surface area (Å²) in [5.74, 6) is 0. The first-order valence-electron chi connectivity index (χ1n) is 22.7. The summed E-state index contributed by atoms with van der Waals surface area (Å²) in [5, 5.41) is 7.52. The van der Waals surface area contributed by atoms with E-state index in [9.17, 15) is 0 Å². The molecule has 0 aliphatic rings. The number of fused-ring (bicyclic) bond motifs is 6. The third-order valence-corrected chi connectivity index (χ3v) is 13.1. The van der Waals surface area contributed by atoms with E-state index in [-0.39, 0.29) is 0 Å². The highest BCUT2D eigenvalue weighted by Crippen LogP contribution is 2.51. The van der Waals surface area contributed by atoms with Crippen molar-refractivity contribution in [3.05, 3.63) is 261 Å². The minimum absolute atomic E-state index is 1.12. The predicted molar refractivity (Wildman–Crippen MR) is 280 cm³/mol. The summed E-state index contributed by atoms with van der Waals surface area (Å²) in [5.41, 5.74) is 19.0. The van der Waals surface area contributed by atoms with Gasteiger partial charge in [-0.2, -0.15) is 0 Å². The summed E-state index contributed by atoms with van der Waals surface area (Å²) < 4.78 is 0. The van der Waals surface area contributed by atoms with Gasteiger partial charge in [0.1, 0.15) is 0 Å². The molecule has 0 saturated heterocycles. The Morgan fingerprint density at radius 3 is 1.06 bits per heavy atom. The Bertz CT molecular complexity index is 3690. The molecule has 0 bridgehead atoms. The molecule has 0 amide bonds. The van der Waals surface area contributed by atoms with Crippen LogP contribution in [0.4, 0.5) is 0 Å². The van der Waals surface area contributed by atoms with Crippen molar-refractivity contribution in [2.75, 3.05) is 0 Å². The smallest absolute Gasteiger partial charge is 0.0346 e. The molecule has 0 aliphatic carbocycles. The number of pyridine rings is 1. The highest BCUT2D eigenvalue weighted by Gasteiger charge is 2.24. The zero-order chi connectivity index (χ0) is 43.8. The Hall–Kier alpha value is -8.65. The lowest BCUT2D eigenvalue weighted by Gasteiger charge is -2.24. The van der Waals surface area contributed by atoms with Crippen LogP contribution in [0.3, 0.4) is 0 Å². The Morgan fingerprint density at radius 1 is 0.197 bits per heavy atom. The van der Waals surface area contributed by atoms with Crippen molar-refractivity contribution < 1.29 is 0 Å². The second-order valence-electron chi connectivity index (χ2n) is 17.0. The van der Waals surface area contributed by atoms with E-state index in [0.717, 1.165) is 11.1 Å². The monoisotopic (exact) mass is 837 g/mol. The molecule has 308 valence electrons. The van der Waals surface area contributed by atoms with Crippen LogP contribution in [0.5, 0.6) is 0 Å². The van der Waals surface area contributed by atoms with Gasteiger partial charge < -0.3 is 0 Å². The molecular formula is C65H43N. The van der Waals surface area contributed by atoms with Crippen LogP contribution in [0.15, 0.2) is 261 Å². The molecule has 0 unspecified atom stereocenters. The molecule has 12 aromatic rings. The average molecular weight is 838 g/mol. The van der Waals surface area contributed by atoms with Crippen LogP contribution in [-0.2, 0) is 0 Å². The van der Waals surface area contributed by atoms with Crippen molar-refractivity contribution in [3.63, 3.8) is 0 Å². The van der Waals surface area contributed by atoms with Gasteiger partial charge in [-0.15, -0.1) is 0 Å². The summed E-state index contributed by atoms with van der Waals surface area (Å²) in [4.78, 5) is 4.37. The van der Waals surface area contributed by atoms with Gasteiger partial charge in [-0.3, -0.25) is 4.98 Å². The molecule has 66 heavy (non-hydrogen) atoms. The molecule has 0 spiro atoms. The molecule has 1 heterocycles. The van der Waals surface area contributed by atoms with E-state index >= 15 is 0 Å². The maximum atomic E-state index is 4.37. The molecule has 1 nitrogen and oxygen atoms in total. The van der Waals surface area contributed by atoms with Crippen molar-refractivity contribution in [3.8, 4) is 89.0 Å². The zero-order valence-corrected chi connectivity index (χ0v) is 36.3. The third kappa shape index (κ3) is 7.04. The third-order valence-electron chi connectivity index (χ3n) is 13.1. The fraction of sp³-hybridized carbons (Fsp3) is 0. The molecule has 1 heteroatoms. The highest BCUT2D eigenvalue weighted by atomic mass is 14.6. The molecule has 12 rings (SSSR count). The minimum Gasteiger partial charge on any atom is -0.264 e. The van der Waals surface area contributed by atoms with Crippen molar-refractivity contribution >= 4 is 32.3 Å². The molecule has 0 N–H and O–H groups in total. The van der Waals surface area contributed by atoms with Gasteiger partial charge in [-0.05, 0) is 152 Å². The number of nitrogens with zero attached hydrogens (tertiary/aromatic N) is 1. The molecule has 11 aromatic carbocycles. The first kappa shape index (κ1) is 39.0. The van der Waals surface area contributed by atoms with Crippen LogP contribution in [0.25, 0.3) is 121 Å². The van der Waals surface area contributed by atoms with E-state index in [1.165, 1.54) is 110 Å². The lowest BCUT2D eigenvalue weighted by Crippen LogP contribution is -1.98. The summed E-state index contributed by atoms with van der Waals surface area (Å²) >= 11 is 0. The number of hydrogen-bond donors (Lipinski definition) is 0. The lowest BCUT2D eigenvalue weighted by molar-refractivity contribution is 1.33. The van der Waals surface area contributed by atoms with E-state index in [1.807, 2.05) is 18.5 Å². The quantitative estimate of drug-likeness (QED) is 0.139. The molecule has 0 radical (unpaired) electrons. The first-order chi connectivity index (χ1) is 32.7. The van der Waals surface area contributed by atoms with Crippen molar-refractivity contribution in [2.24, 2.45) is 0 Å². The summed E-state index contributed by atoms with van der Waals surface area (Å²) in [7, 11) is 0. The van der Waals surface area contributed by atoms with Gasteiger partial charge in [0, 0.05) is 18.0 Å². The van der Waals surface area contributed by atoms with Gasteiger partial charge >= 0.3 is 0 Å². The van der Waals surface area contributed by atoms with Gasteiger partial charge in [-0.1, -0.05) is 212 Å². The van der Waals surface area contributed by atoms with Crippen LogP contribution in [-0.4, -0.2) is 4.98 Å². The van der Waals surface area contributed by atoms with Gasteiger partial charge in [0.2, 0.25) is 0 Å². The SMILES string of the molecule is c1ccc(-c2cc(-c3cccc(-c4ccc5c6ccc(-c7cccc(-c8cccnc8)c7)cc6c6ccccc6c5c4)c3)c(-c3ccccc3)c(-c3ccccc3)c2-c2ccccc2)cc1.